The Kier molecular flexibility index (Phi) is 4.46. The van der Waals surface area contributed by atoms with Crippen molar-refractivity contribution in [1.29, 1.82) is 0 Å². The van der Waals surface area contributed by atoms with E-state index in [2.05, 4.69) is 11.6 Å². The first-order valence-corrected chi connectivity index (χ1v) is 7.70. The van der Waals surface area contributed by atoms with Crippen LogP contribution in [0, 0.1) is 0 Å². The number of nitrogen functional groups attached to an aromatic ring is 1. The highest BCUT2D eigenvalue weighted by Gasteiger charge is 2.21. The molecule has 2 nitrogen and oxygen atoms in total. The Bertz CT molecular complexity index is 384. The third-order valence-corrected chi connectivity index (χ3v) is 4.66. The van der Waals surface area contributed by atoms with Crippen LogP contribution in [-0.4, -0.2) is 17.5 Å². The van der Waals surface area contributed by atoms with E-state index in [4.69, 9.17) is 17.3 Å². The van der Waals surface area contributed by atoms with Gasteiger partial charge >= 0.3 is 0 Å². The number of hydrogen-bond donors (Lipinski definition) is 2. The molecule has 4 heteroatoms. The molecule has 17 heavy (non-hydrogen) atoms. The van der Waals surface area contributed by atoms with Gasteiger partial charge in [-0.3, -0.25) is 0 Å². The average molecular weight is 271 g/mol. The van der Waals surface area contributed by atoms with Crippen LogP contribution in [-0.2, 0) is 0 Å². The number of nitrogens with one attached hydrogen (secondary N) is 1. The van der Waals surface area contributed by atoms with E-state index in [1.807, 2.05) is 30.0 Å². The average Bonchev–Trinajstić information content (AvgIpc) is 2.34. The monoisotopic (exact) mass is 270 g/mol. The summed E-state index contributed by atoms with van der Waals surface area (Å²) in [6.07, 6.45) is 7.27. The molecule has 0 aliphatic heterocycles. The van der Waals surface area contributed by atoms with Crippen LogP contribution in [0.2, 0.25) is 5.02 Å². The summed E-state index contributed by atoms with van der Waals surface area (Å²) in [5, 5.41) is 5.05. The molecule has 0 spiro atoms. The zero-order chi connectivity index (χ0) is 12.3. The summed E-state index contributed by atoms with van der Waals surface area (Å²) in [6, 6.07) is 6.13. The minimum absolute atomic E-state index is 0.530. The Hall–Kier alpha value is -0.540. The van der Waals surface area contributed by atoms with E-state index in [1.54, 1.807) is 0 Å². The van der Waals surface area contributed by atoms with Crippen LogP contribution in [0.3, 0.4) is 0 Å². The fraction of sp³-hybridized carbons (Fsp3) is 0.538. The van der Waals surface area contributed by atoms with E-state index in [0.717, 1.165) is 21.6 Å². The van der Waals surface area contributed by atoms with Crippen molar-refractivity contribution in [1.82, 2.24) is 0 Å². The molecular formula is C13H19ClN2S. The fourth-order valence-electron chi connectivity index (χ4n) is 2.36. The summed E-state index contributed by atoms with van der Waals surface area (Å²) in [5.41, 5.74) is 7.70. The molecule has 2 atom stereocenters. The summed E-state index contributed by atoms with van der Waals surface area (Å²) in [5.74, 6) is 0. The van der Waals surface area contributed by atoms with Crippen molar-refractivity contribution in [3.63, 3.8) is 0 Å². The number of rotatable bonds is 3. The maximum absolute atomic E-state index is 5.99. The molecule has 1 aliphatic rings. The van der Waals surface area contributed by atoms with Gasteiger partial charge in [0.05, 0.1) is 11.4 Å². The summed E-state index contributed by atoms with van der Waals surface area (Å²) in [7, 11) is 0. The highest BCUT2D eigenvalue weighted by molar-refractivity contribution is 7.99. The van der Waals surface area contributed by atoms with E-state index >= 15 is 0 Å². The van der Waals surface area contributed by atoms with E-state index in [0.29, 0.717) is 6.04 Å². The van der Waals surface area contributed by atoms with Gasteiger partial charge in [-0.1, -0.05) is 18.0 Å². The number of thioether (sulfide) groups is 1. The van der Waals surface area contributed by atoms with Gasteiger partial charge in [0.1, 0.15) is 0 Å². The maximum atomic E-state index is 5.99. The smallest absolute Gasteiger partial charge is 0.0591 e. The molecule has 1 saturated carbocycles. The first-order chi connectivity index (χ1) is 8.19. The predicted molar refractivity (Wildman–Crippen MR) is 79.0 cm³/mol. The highest BCUT2D eigenvalue weighted by atomic mass is 35.5. The van der Waals surface area contributed by atoms with Crippen molar-refractivity contribution in [3.05, 3.63) is 23.2 Å². The van der Waals surface area contributed by atoms with E-state index in [-0.39, 0.29) is 0 Å². The standard InChI is InChI=1S/C13H19ClN2S/c1-17-11-4-2-3-10(8-11)16-13-7-9(14)5-6-12(13)15/h5-7,10-11,16H,2-4,8,15H2,1H3. The molecule has 0 aromatic heterocycles. The lowest BCUT2D eigenvalue weighted by atomic mass is 9.94. The van der Waals surface area contributed by atoms with Gasteiger partial charge in [0.15, 0.2) is 0 Å². The van der Waals surface area contributed by atoms with E-state index in [1.165, 1.54) is 25.7 Å². The number of anilines is 2. The molecule has 0 amide bonds. The molecule has 1 aromatic carbocycles. The van der Waals surface area contributed by atoms with Crippen LogP contribution in [0.5, 0.6) is 0 Å². The second kappa shape index (κ2) is 5.87. The summed E-state index contributed by atoms with van der Waals surface area (Å²) in [6.45, 7) is 0. The van der Waals surface area contributed by atoms with Crippen molar-refractivity contribution < 1.29 is 0 Å². The quantitative estimate of drug-likeness (QED) is 0.815. The molecule has 1 fully saturated rings. The van der Waals surface area contributed by atoms with Crippen molar-refractivity contribution in [2.45, 2.75) is 37.0 Å². The fourth-order valence-corrected chi connectivity index (χ4v) is 3.36. The Balaban J connectivity index is 2.02. The van der Waals surface area contributed by atoms with Crippen LogP contribution in [0.4, 0.5) is 11.4 Å². The Morgan fingerprint density at radius 1 is 1.41 bits per heavy atom. The van der Waals surface area contributed by atoms with Crippen molar-refractivity contribution in [2.75, 3.05) is 17.3 Å². The third kappa shape index (κ3) is 3.46. The van der Waals surface area contributed by atoms with Gasteiger partial charge in [-0.2, -0.15) is 11.8 Å². The summed E-state index contributed by atoms with van der Waals surface area (Å²) < 4.78 is 0. The minimum atomic E-state index is 0.530. The van der Waals surface area contributed by atoms with Gasteiger partial charge in [0, 0.05) is 16.3 Å². The van der Waals surface area contributed by atoms with Crippen LogP contribution >= 0.6 is 23.4 Å². The number of nitrogens with two attached hydrogens (primary N) is 1. The van der Waals surface area contributed by atoms with Crippen molar-refractivity contribution >= 4 is 34.7 Å². The van der Waals surface area contributed by atoms with E-state index < -0.39 is 0 Å². The second-order valence-electron chi connectivity index (χ2n) is 4.60. The van der Waals surface area contributed by atoms with Crippen LogP contribution in [0.1, 0.15) is 25.7 Å². The third-order valence-electron chi connectivity index (χ3n) is 3.33. The lowest BCUT2D eigenvalue weighted by molar-refractivity contribution is 0.474. The maximum Gasteiger partial charge on any atom is 0.0591 e. The van der Waals surface area contributed by atoms with Crippen LogP contribution in [0.25, 0.3) is 0 Å². The first-order valence-electron chi connectivity index (χ1n) is 6.03. The molecule has 2 unspecified atom stereocenters. The zero-order valence-corrected chi connectivity index (χ0v) is 11.7. The van der Waals surface area contributed by atoms with Gasteiger partial charge in [-0.25, -0.2) is 0 Å². The largest absolute Gasteiger partial charge is 0.397 e. The normalized spacial score (nSPS) is 24.6. The highest BCUT2D eigenvalue weighted by Crippen LogP contribution is 2.31. The molecule has 1 aliphatic carbocycles. The molecule has 0 bridgehead atoms. The van der Waals surface area contributed by atoms with Gasteiger partial charge in [0.25, 0.3) is 0 Å². The topological polar surface area (TPSA) is 38.0 Å². The summed E-state index contributed by atoms with van der Waals surface area (Å²) in [4.78, 5) is 0. The SMILES string of the molecule is CSC1CCCC(Nc2cc(Cl)ccc2N)C1. The van der Waals surface area contributed by atoms with Crippen LogP contribution < -0.4 is 11.1 Å². The molecular weight excluding hydrogens is 252 g/mol. The number of hydrogen-bond acceptors (Lipinski definition) is 3. The van der Waals surface area contributed by atoms with Gasteiger partial charge in [0.2, 0.25) is 0 Å². The Morgan fingerprint density at radius 2 is 2.24 bits per heavy atom. The lowest BCUT2D eigenvalue weighted by Gasteiger charge is -2.29. The van der Waals surface area contributed by atoms with Gasteiger partial charge in [-0.15, -0.1) is 0 Å². The Labute approximate surface area is 112 Å². The number of benzene rings is 1. The lowest BCUT2D eigenvalue weighted by Crippen LogP contribution is -2.28. The van der Waals surface area contributed by atoms with Gasteiger partial charge in [-0.05, 0) is 43.7 Å². The zero-order valence-electron chi connectivity index (χ0n) is 10.1. The molecule has 0 radical (unpaired) electrons. The van der Waals surface area contributed by atoms with Gasteiger partial charge < -0.3 is 11.1 Å². The molecule has 3 N–H and O–H groups in total. The molecule has 94 valence electrons. The van der Waals surface area contributed by atoms with E-state index in [9.17, 15) is 0 Å². The first kappa shape index (κ1) is 12.9. The molecule has 1 aromatic rings. The number of halogens is 1. The molecule has 0 saturated heterocycles. The van der Waals surface area contributed by atoms with Crippen LogP contribution in [0.15, 0.2) is 18.2 Å². The van der Waals surface area contributed by atoms with Crippen molar-refractivity contribution in [2.24, 2.45) is 0 Å². The van der Waals surface area contributed by atoms with Crippen molar-refractivity contribution in [3.8, 4) is 0 Å². The predicted octanol–water partition coefficient (Wildman–Crippen LogP) is 4.01. The second-order valence-corrected chi connectivity index (χ2v) is 6.17. The summed E-state index contributed by atoms with van der Waals surface area (Å²) >= 11 is 7.96. The Morgan fingerprint density at radius 3 is 3.00 bits per heavy atom. The molecule has 0 heterocycles. The minimum Gasteiger partial charge on any atom is -0.397 e. The molecule has 2 rings (SSSR count).